The highest BCUT2D eigenvalue weighted by molar-refractivity contribution is 6.12. The predicted octanol–water partition coefficient (Wildman–Crippen LogP) is 2.64. The lowest BCUT2D eigenvalue weighted by Crippen LogP contribution is -2.34. The van der Waals surface area contributed by atoms with Crippen molar-refractivity contribution in [1.29, 1.82) is 0 Å². The molecule has 0 aliphatic heterocycles. The van der Waals surface area contributed by atoms with Crippen LogP contribution in [0.25, 0.3) is 5.57 Å². The summed E-state index contributed by atoms with van der Waals surface area (Å²) in [7, 11) is 0. The van der Waals surface area contributed by atoms with Gasteiger partial charge < -0.3 is 11.1 Å². The number of nitrogens with one attached hydrogen (secondary N) is 1. The molecule has 3 N–H and O–H groups in total. The summed E-state index contributed by atoms with van der Waals surface area (Å²) in [5, 5.41) is 2.86. The molecule has 2 aromatic rings. The fourth-order valence-electron chi connectivity index (χ4n) is 2.50. The van der Waals surface area contributed by atoms with E-state index in [1.54, 1.807) is 24.5 Å². The van der Waals surface area contributed by atoms with Crippen LogP contribution in [0.1, 0.15) is 24.5 Å². The molecular weight excluding hydrogens is 326 g/mol. The van der Waals surface area contributed by atoms with Gasteiger partial charge in [0.2, 0.25) is 0 Å². The van der Waals surface area contributed by atoms with Gasteiger partial charge in [0.15, 0.2) is 6.29 Å². The van der Waals surface area contributed by atoms with E-state index in [1.807, 2.05) is 25.1 Å². The van der Waals surface area contributed by atoms with Crippen molar-refractivity contribution in [1.82, 2.24) is 10.3 Å². The third kappa shape index (κ3) is 5.70. The maximum absolute atomic E-state index is 12.4. The molecule has 1 aromatic carbocycles. The molecule has 0 spiro atoms. The predicted molar refractivity (Wildman–Crippen MR) is 103 cm³/mol. The van der Waals surface area contributed by atoms with E-state index >= 15 is 0 Å². The topological polar surface area (TPSA) is 85.1 Å². The second-order valence-corrected chi connectivity index (χ2v) is 5.97. The first-order valence-corrected chi connectivity index (χ1v) is 8.48. The van der Waals surface area contributed by atoms with E-state index in [4.69, 9.17) is 5.73 Å². The molecule has 1 aromatic heterocycles. The lowest BCUT2D eigenvalue weighted by molar-refractivity contribution is -0.119. The van der Waals surface area contributed by atoms with Crippen molar-refractivity contribution in [2.24, 2.45) is 5.73 Å². The molecule has 26 heavy (non-hydrogen) atoms. The maximum atomic E-state index is 12.4. The number of aryl methyl sites for hydroxylation is 1. The van der Waals surface area contributed by atoms with Crippen LogP contribution in [-0.4, -0.2) is 23.2 Å². The molecular formula is C21H23N3O2. The molecule has 0 saturated heterocycles. The maximum Gasteiger partial charge on any atom is 0.254 e. The van der Waals surface area contributed by atoms with Crippen LogP contribution in [0.15, 0.2) is 72.7 Å². The third-order valence-electron chi connectivity index (χ3n) is 3.98. The van der Waals surface area contributed by atoms with Crippen molar-refractivity contribution in [3.05, 3.63) is 83.8 Å². The summed E-state index contributed by atoms with van der Waals surface area (Å²) in [6, 6.07) is 13.5. The third-order valence-corrected chi connectivity index (χ3v) is 3.98. The van der Waals surface area contributed by atoms with Gasteiger partial charge in [-0.15, -0.1) is 0 Å². The first-order chi connectivity index (χ1) is 12.6. The molecule has 1 amide bonds. The van der Waals surface area contributed by atoms with Crippen molar-refractivity contribution in [2.75, 3.05) is 0 Å². The highest BCUT2D eigenvalue weighted by Crippen LogP contribution is 2.15. The number of benzene rings is 1. The van der Waals surface area contributed by atoms with Crippen LogP contribution in [0.2, 0.25) is 0 Å². The number of allylic oxidation sites excluding steroid dienone is 2. The normalized spacial score (nSPS) is 13.1. The van der Waals surface area contributed by atoms with Gasteiger partial charge in [0.25, 0.3) is 5.91 Å². The Morgan fingerprint density at radius 2 is 1.88 bits per heavy atom. The zero-order valence-electron chi connectivity index (χ0n) is 14.8. The Morgan fingerprint density at radius 3 is 2.50 bits per heavy atom. The highest BCUT2D eigenvalue weighted by atomic mass is 16.2. The molecule has 134 valence electrons. The number of hydrogen-bond donors (Lipinski definition) is 2. The summed E-state index contributed by atoms with van der Waals surface area (Å²) < 4.78 is 0. The van der Waals surface area contributed by atoms with Crippen LogP contribution in [0.3, 0.4) is 0 Å². The largest absolute Gasteiger partial charge is 0.404 e. The first kappa shape index (κ1) is 19.1. The van der Waals surface area contributed by atoms with Crippen LogP contribution in [0, 0.1) is 0 Å². The van der Waals surface area contributed by atoms with Crippen molar-refractivity contribution in [3.8, 4) is 0 Å². The molecule has 0 radical (unpaired) electrons. The number of aldehydes is 1. The monoisotopic (exact) mass is 349 g/mol. The Kier molecular flexibility index (Phi) is 7.31. The molecule has 1 atom stereocenters. The second kappa shape index (κ2) is 9.93. The standard InChI is InChI=1S/C21H23N3O2/c1-16(7-8-17-5-3-2-4-6-17)24-21(26)20(15-25)13-19(14-22)18-9-11-23-12-10-18/h2-6,9-16H,7-8,22H2,1H3,(H,24,26)/b19-14+,20-13+. The van der Waals surface area contributed by atoms with Gasteiger partial charge >= 0.3 is 0 Å². The van der Waals surface area contributed by atoms with Gasteiger partial charge in [-0.3, -0.25) is 14.6 Å². The molecule has 0 aliphatic carbocycles. The Bertz CT molecular complexity index is 783. The van der Waals surface area contributed by atoms with Gasteiger partial charge in [-0.05, 0) is 54.7 Å². The average molecular weight is 349 g/mol. The molecule has 0 saturated carbocycles. The minimum atomic E-state index is -0.408. The minimum Gasteiger partial charge on any atom is -0.404 e. The van der Waals surface area contributed by atoms with Crippen molar-refractivity contribution >= 4 is 17.8 Å². The Morgan fingerprint density at radius 1 is 1.19 bits per heavy atom. The molecule has 0 aliphatic rings. The van der Waals surface area contributed by atoms with E-state index in [9.17, 15) is 9.59 Å². The van der Waals surface area contributed by atoms with Gasteiger partial charge in [0, 0.05) is 24.6 Å². The number of nitrogens with two attached hydrogens (primary N) is 1. The fraction of sp³-hybridized carbons (Fsp3) is 0.190. The van der Waals surface area contributed by atoms with E-state index in [0.29, 0.717) is 11.9 Å². The van der Waals surface area contributed by atoms with Crippen LogP contribution in [0.5, 0.6) is 0 Å². The summed E-state index contributed by atoms with van der Waals surface area (Å²) in [5.74, 6) is -0.408. The highest BCUT2D eigenvalue weighted by Gasteiger charge is 2.13. The molecule has 5 heteroatoms. The van der Waals surface area contributed by atoms with Gasteiger partial charge in [0.1, 0.15) is 0 Å². The van der Waals surface area contributed by atoms with Gasteiger partial charge in [-0.1, -0.05) is 30.3 Å². The quantitative estimate of drug-likeness (QED) is 0.252. The van der Waals surface area contributed by atoms with E-state index in [1.165, 1.54) is 17.8 Å². The number of carbonyl (C=O) groups excluding carboxylic acids is 2. The zero-order chi connectivity index (χ0) is 18.8. The van der Waals surface area contributed by atoms with Crippen molar-refractivity contribution in [2.45, 2.75) is 25.8 Å². The summed E-state index contributed by atoms with van der Waals surface area (Å²) in [6.45, 7) is 1.92. The number of amides is 1. The Balaban J connectivity index is 2.00. The van der Waals surface area contributed by atoms with Crippen molar-refractivity contribution < 1.29 is 9.59 Å². The zero-order valence-corrected chi connectivity index (χ0v) is 14.8. The van der Waals surface area contributed by atoms with Crippen LogP contribution < -0.4 is 11.1 Å². The number of nitrogens with zero attached hydrogens (tertiary/aromatic N) is 1. The van der Waals surface area contributed by atoms with Crippen LogP contribution in [0.4, 0.5) is 0 Å². The van der Waals surface area contributed by atoms with Crippen LogP contribution in [-0.2, 0) is 16.0 Å². The van der Waals surface area contributed by atoms with E-state index < -0.39 is 5.91 Å². The summed E-state index contributed by atoms with van der Waals surface area (Å²) in [5.41, 5.74) is 8.26. The lowest BCUT2D eigenvalue weighted by atomic mass is 10.0. The Hall–Kier alpha value is -3.21. The van der Waals surface area contributed by atoms with Crippen molar-refractivity contribution in [3.63, 3.8) is 0 Å². The molecule has 2 rings (SSSR count). The minimum absolute atomic E-state index is 0.0325. The average Bonchev–Trinajstić information content (AvgIpc) is 2.68. The van der Waals surface area contributed by atoms with E-state index in [2.05, 4.69) is 22.4 Å². The molecule has 1 heterocycles. The lowest BCUT2D eigenvalue weighted by Gasteiger charge is -2.14. The van der Waals surface area contributed by atoms with E-state index in [0.717, 1.165) is 18.4 Å². The number of carbonyl (C=O) groups is 2. The van der Waals surface area contributed by atoms with Gasteiger partial charge in [-0.25, -0.2) is 0 Å². The summed E-state index contributed by atoms with van der Waals surface area (Å²) in [4.78, 5) is 27.7. The number of rotatable bonds is 8. The molecule has 1 unspecified atom stereocenters. The Labute approximate surface area is 153 Å². The summed E-state index contributed by atoms with van der Waals surface area (Å²) in [6.07, 6.45) is 8.29. The second-order valence-electron chi connectivity index (χ2n) is 5.97. The van der Waals surface area contributed by atoms with Gasteiger partial charge in [0.05, 0.1) is 5.57 Å². The number of pyridine rings is 1. The smallest absolute Gasteiger partial charge is 0.254 e. The molecule has 0 bridgehead atoms. The number of aromatic nitrogens is 1. The fourth-order valence-corrected chi connectivity index (χ4v) is 2.50. The first-order valence-electron chi connectivity index (χ1n) is 8.48. The molecule has 5 nitrogen and oxygen atoms in total. The molecule has 0 fully saturated rings. The SMILES string of the molecule is CC(CCc1ccccc1)NC(=O)/C(C=O)=C/C(=C\N)c1ccncc1. The van der Waals surface area contributed by atoms with Crippen LogP contribution >= 0.6 is 0 Å². The summed E-state index contributed by atoms with van der Waals surface area (Å²) >= 11 is 0. The van der Waals surface area contributed by atoms with E-state index in [-0.39, 0.29) is 11.6 Å². The van der Waals surface area contributed by atoms with Gasteiger partial charge in [-0.2, -0.15) is 0 Å². The number of hydrogen-bond acceptors (Lipinski definition) is 4.